The van der Waals surface area contributed by atoms with Gasteiger partial charge in [-0.3, -0.25) is 4.79 Å². The van der Waals surface area contributed by atoms with E-state index in [0.29, 0.717) is 13.0 Å². The molecule has 0 aromatic heterocycles. The SMILES string of the molecule is CCCNC(CCOC1CCOCC1)C(=O)OC. The van der Waals surface area contributed by atoms with Crippen LogP contribution in [0.4, 0.5) is 0 Å². The molecule has 0 aromatic rings. The third-order valence-electron chi connectivity index (χ3n) is 3.05. The van der Waals surface area contributed by atoms with E-state index in [4.69, 9.17) is 14.2 Å². The molecule has 1 aliphatic rings. The smallest absolute Gasteiger partial charge is 0.322 e. The Morgan fingerprint density at radius 2 is 2.17 bits per heavy atom. The van der Waals surface area contributed by atoms with Crippen molar-refractivity contribution in [3.8, 4) is 0 Å². The Kier molecular flexibility index (Phi) is 7.96. The zero-order valence-electron chi connectivity index (χ0n) is 11.4. The van der Waals surface area contributed by atoms with Crippen LogP contribution in [0, 0.1) is 0 Å². The molecule has 1 N–H and O–H groups in total. The molecular weight excluding hydrogens is 234 g/mol. The Labute approximate surface area is 109 Å². The van der Waals surface area contributed by atoms with Crippen molar-refractivity contribution in [3.63, 3.8) is 0 Å². The number of carbonyl (C=O) groups is 1. The molecule has 18 heavy (non-hydrogen) atoms. The Morgan fingerprint density at radius 1 is 1.44 bits per heavy atom. The van der Waals surface area contributed by atoms with E-state index in [1.54, 1.807) is 0 Å². The second-order valence-corrected chi connectivity index (χ2v) is 4.50. The number of esters is 1. The summed E-state index contributed by atoms with van der Waals surface area (Å²) in [5.41, 5.74) is 0. The Hall–Kier alpha value is -0.650. The predicted molar refractivity (Wildman–Crippen MR) is 68.5 cm³/mol. The average molecular weight is 259 g/mol. The molecular formula is C13H25NO4. The lowest BCUT2D eigenvalue weighted by molar-refractivity contribution is -0.144. The first-order chi connectivity index (χ1) is 8.77. The van der Waals surface area contributed by atoms with Gasteiger partial charge in [0.15, 0.2) is 0 Å². The normalized spacial score (nSPS) is 18.6. The maximum absolute atomic E-state index is 11.5. The van der Waals surface area contributed by atoms with Crippen LogP contribution in [-0.2, 0) is 19.0 Å². The van der Waals surface area contributed by atoms with Gasteiger partial charge in [-0.1, -0.05) is 6.92 Å². The summed E-state index contributed by atoms with van der Waals surface area (Å²) in [6.45, 7) is 5.02. The zero-order chi connectivity index (χ0) is 13.2. The largest absolute Gasteiger partial charge is 0.468 e. The van der Waals surface area contributed by atoms with Crippen LogP contribution in [0.15, 0.2) is 0 Å². The molecule has 1 aliphatic heterocycles. The first-order valence-electron chi connectivity index (χ1n) is 6.78. The molecule has 5 nitrogen and oxygen atoms in total. The van der Waals surface area contributed by atoms with Crippen LogP contribution in [0.2, 0.25) is 0 Å². The van der Waals surface area contributed by atoms with Crippen molar-refractivity contribution in [2.45, 2.75) is 44.8 Å². The molecule has 0 aliphatic carbocycles. The molecule has 0 spiro atoms. The van der Waals surface area contributed by atoms with Crippen molar-refractivity contribution >= 4 is 5.97 Å². The number of ether oxygens (including phenoxy) is 3. The monoisotopic (exact) mass is 259 g/mol. The summed E-state index contributed by atoms with van der Waals surface area (Å²) in [7, 11) is 1.42. The molecule has 1 heterocycles. The van der Waals surface area contributed by atoms with E-state index in [1.165, 1.54) is 7.11 Å². The summed E-state index contributed by atoms with van der Waals surface area (Å²) in [6, 6.07) is -0.255. The highest BCUT2D eigenvalue weighted by atomic mass is 16.5. The van der Waals surface area contributed by atoms with Crippen molar-refractivity contribution in [2.24, 2.45) is 0 Å². The van der Waals surface area contributed by atoms with E-state index in [9.17, 15) is 4.79 Å². The van der Waals surface area contributed by atoms with Gasteiger partial charge < -0.3 is 19.5 Å². The third kappa shape index (κ3) is 5.80. The van der Waals surface area contributed by atoms with E-state index in [-0.39, 0.29) is 18.1 Å². The van der Waals surface area contributed by atoms with Crippen LogP contribution in [0.1, 0.15) is 32.6 Å². The van der Waals surface area contributed by atoms with Crippen LogP contribution in [0.3, 0.4) is 0 Å². The molecule has 0 radical (unpaired) electrons. The van der Waals surface area contributed by atoms with Gasteiger partial charge in [-0.05, 0) is 32.2 Å². The molecule has 0 bridgehead atoms. The van der Waals surface area contributed by atoms with E-state index in [2.05, 4.69) is 12.2 Å². The summed E-state index contributed by atoms with van der Waals surface area (Å²) in [5, 5.41) is 3.18. The molecule has 1 fully saturated rings. The molecule has 1 unspecified atom stereocenters. The van der Waals surface area contributed by atoms with Crippen molar-refractivity contribution in [3.05, 3.63) is 0 Å². The molecule has 0 saturated carbocycles. The molecule has 0 amide bonds. The highest BCUT2D eigenvalue weighted by Crippen LogP contribution is 2.11. The van der Waals surface area contributed by atoms with Crippen LogP contribution < -0.4 is 5.32 Å². The topological polar surface area (TPSA) is 56.8 Å². The fourth-order valence-corrected chi connectivity index (χ4v) is 1.96. The molecule has 1 atom stereocenters. The quantitative estimate of drug-likeness (QED) is 0.662. The van der Waals surface area contributed by atoms with Gasteiger partial charge in [0.25, 0.3) is 0 Å². The maximum atomic E-state index is 11.5. The van der Waals surface area contributed by atoms with E-state index in [1.807, 2.05) is 0 Å². The van der Waals surface area contributed by atoms with Crippen LogP contribution in [-0.4, -0.2) is 51.6 Å². The lowest BCUT2D eigenvalue weighted by Crippen LogP contribution is -2.39. The Morgan fingerprint density at radius 3 is 2.78 bits per heavy atom. The number of hydrogen-bond acceptors (Lipinski definition) is 5. The van der Waals surface area contributed by atoms with Gasteiger partial charge in [0.1, 0.15) is 6.04 Å². The second-order valence-electron chi connectivity index (χ2n) is 4.50. The minimum absolute atomic E-state index is 0.209. The van der Waals surface area contributed by atoms with Crippen LogP contribution in [0.25, 0.3) is 0 Å². The fourth-order valence-electron chi connectivity index (χ4n) is 1.96. The van der Waals surface area contributed by atoms with Gasteiger partial charge in [0.05, 0.1) is 13.2 Å². The fraction of sp³-hybridized carbons (Fsp3) is 0.923. The molecule has 1 saturated heterocycles. The van der Waals surface area contributed by atoms with E-state index < -0.39 is 0 Å². The highest BCUT2D eigenvalue weighted by molar-refractivity contribution is 5.75. The first kappa shape index (κ1) is 15.4. The van der Waals surface area contributed by atoms with Gasteiger partial charge in [-0.25, -0.2) is 0 Å². The minimum Gasteiger partial charge on any atom is -0.468 e. The number of nitrogens with one attached hydrogen (secondary N) is 1. The standard InChI is InChI=1S/C13H25NO4/c1-3-7-14-12(13(15)16-2)6-10-18-11-4-8-17-9-5-11/h11-12,14H,3-10H2,1-2H3. The van der Waals surface area contributed by atoms with Gasteiger partial charge in [0, 0.05) is 19.8 Å². The molecule has 5 heteroatoms. The lowest BCUT2D eigenvalue weighted by Gasteiger charge is -2.23. The van der Waals surface area contributed by atoms with E-state index in [0.717, 1.165) is 39.0 Å². The first-order valence-corrected chi connectivity index (χ1v) is 6.78. The third-order valence-corrected chi connectivity index (χ3v) is 3.05. The predicted octanol–water partition coefficient (Wildman–Crippen LogP) is 1.11. The number of methoxy groups -OCH3 is 1. The molecule has 106 valence electrons. The average Bonchev–Trinajstić information content (AvgIpc) is 2.43. The van der Waals surface area contributed by atoms with Gasteiger partial charge in [-0.2, -0.15) is 0 Å². The lowest BCUT2D eigenvalue weighted by atomic mass is 10.1. The van der Waals surface area contributed by atoms with Crippen LogP contribution >= 0.6 is 0 Å². The van der Waals surface area contributed by atoms with Gasteiger partial charge in [0.2, 0.25) is 0 Å². The maximum Gasteiger partial charge on any atom is 0.322 e. The summed E-state index contributed by atoms with van der Waals surface area (Å²) in [5.74, 6) is -0.209. The molecule has 0 aromatic carbocycles. The zero-order valence-corrected chi connectivity index (χ0v) is 11.4. The summed E-state index contributed by atoms with van der Waals surface area (Å²) in [6.07, 6.45) is 3.83. The second kappa shape index (κ2) is 9.30. The van der Waals surface area contributed by atoms with Crippen molar-refractivity contribution in [1.82, 2.24) is 5.32 Å². The highest BCUT2D eigenvalue weighted by Gasteiger charge is 2.19. The van der Waals surface area contributed by atoms with E-state index >= 15 is 0 Å². The van der Waals surface area contributed by atoms with Crippen molar-refractivity contribution < 1.29 is 19.0 Å². The van der Waals surface area contributed by atoms with Gasteiger partial charge in [-0.15, -0.1) is 0 Å². The number of rotatable bonds is 8. The number of carbonyl (C=O) groups excluding carboxylic acids is 1. The Balaban J connectivity index is 2.20. The summed E-state index contributed by atoms with van der Waals surface area (Å²) in [4.78, 5) is 11.5. The van der Waals surface area contributed by atoms with Crippen molar-refractivity contribution in [1.29, 1.82) is 0 Å². The molecule has 1 rings (SSSR count). The summed E-state index contributed by atoms with van der Waals surface area (Å²) < 4.78 is 15.8. The van der Waals surface area contributed by atoms with Gasteiger partial charge >= 0.3 is 5.97 Å². The Bertz CT molecular complexity index is 229. The number of hydrogen-bond donors (Lipinski definition) is 1. The van der Waals surface area contributed by atoms with Crippen LogP contribution in [0.5, 0.6) is 0 Å². The van der Waals surface area contributed by atoms with Crippen molar-refractivity contribution in [2.75, 3.05) is 33.5 Å². The minimum atomic E-state index is -0.255. The summed E-state index contributed by atoms with van der Waals surface area (Å²) >= 11 is 0.